The lowest BCUT2D eigenvalue weighted by Crippen LogP contribution is -2.28. The number of methoxy groups -OCH3 is 1. The Balaban J connectivity index is 1.50. The molecule has 0 aliphatic carbocycles. The molecule has 1 saturated heterocycles. The molecule has 7 heteroatoms. The molecule has 1 aliphatic heterocycles. The highest BCUT2D eigenvalue weighted by atomic mass is 127. The molecule has 1 aliphatic rings. The number of rotatable bonds is 7. The Morgan fingerprint density at radius 2 is 1.88 bits per heavy atom. The van der Waals surface area contributed by atoms with Crippen LogP contribution in [0.5, 0.6) is 11.5 Å². The zero-order chi connectivity index (χ0) is 24.1. The lowest BCUT2D eigenvalue weighted by atomic mass is 10.1. The maximum atomic E-state index is 13.0. The number of likely N-dealkylation sites (N-methyl/N-ethyl adjacent to an activating group) is 1. The fraction of sp³-hybridized carbons (Fsp3) is 0.185. The normalized spacial score (nSPS) is 15.9. The molecule has 1 heterocycles. The van der Waals surface area contributed by atoms with Gasteiger partial charge in [0.05, 0.1) is 21.3 Å². The van der Waals surface area contributed by atoms with Crippen LogP contribution in [0.15, 0.2) is 76.6 Å². The minimum atomic E-state index is -0.0328. The zero-order valence-corrected chi connectivity index (χ0v) is 22.2. The monoisotopic (exact) mass is 584 g/mol. The number of benzene rings is 3. The van der Waals surface area contributed by atoms with Crippen molar-refractivity contribution in [2.75, 3.05) is 13.7 Å². The Hall–Kier alpha value is -2.78. The summed E-state index contributed by atoms with van der Waals surface area (Å²) in [6.45, 7) is 5.10. The van der Waals surface area contributed by atoms with E-state index in [1.165, 1.54) is 17.3 Å². The number of hydrogen-bond acceptors (Lipinski definition) is 5. The standard InChI is InChI=1S/C27H25IN2O3S/c1-4-30-26(31)25(34-27(30)29-21-9-11-22(32-3)12-10-21)16-19-8-13-24(23(28)15-19)33-17-20-7-5-6-18(2)14-20/h5-16H,4,17H2,1-3H3/b25-16+,29-27?. The van der Waals surface area contributed by atoms with Crippen molar-refractivity contribution in [3.05, 3.63) is 91.9 Å². The Bertz CT molecular complexity index is 1250. The highest BCUT2D eigenvalue weighted by molar-refractivity contribution is 14.1. The first-order chi connectivity index (χ1) is 16.5. The molecule has 1 fully saturated rings. The number of hydrogen-bond donors (Lipinski definition) is 0. The van der Waals surface area contributed by atoms with E-state index in [4.69, 9.17) is 9.47 Å². The smallest absolute Gasteiger partial charge is 0.266 e. The van der Waals surface area contributed by atoms with Crippen molar-refractivity contribution in [1.82, 2.24) is 4.90 Å². The quantitative estimate of drug-likeness (QED) is 0.226. The summed E-state index contributed by atoms with van der Waals surface area (Å²) in [4.78, 5) is 20.0. The first kappa shape index (κ1) is 24.3. The highest BCUT2D eigenvalue weighted by Gasteiger charge is 2.32. The first-order valence-electron chi connectivity index (χ1n) is 10.9. The van der Waals surface area contributed by atoms with Gasteiger partial charge in [-0.05, 0) is 102 Å². The first-order valence-corrected chi connectivity index (χ1v) is 12.8. The molecular weight excluding hydrogens is 559 g/mol. The molecule has 3 aromatic rings. The number of carbonyl (C=O) groups excluding carboxylic acids is 1. The maximum absolute atomic E-state index is 13.0. The summed E-state index contributed by atoms with van der Waals surface area (Å²) in [5.41, 5.74) is 4.08. The molecule has 4 rings (SSSR count). The van der Waals surface area contributed by atoms with E-state index in [2.05, 4.69) is 52.7 Å². The van der Waals surface area contributed by atoms with Gasteiger partial charge in [0.25, 0.3) is 5.91 Å². The van der Waals surface area contributed by atoms with Crippen LogP contribution in [0.2, 0.25) is 0 Å². The predicted octanol–water partition coefficient (Wildman–Crippen LogP) is 6.81. The van der Waals surface area contributed by atoms with Gasteiger partial charge in [0.1, 0.15) is 18.1 Å². The summed E-state index contributed by atoms with van der Waals surface area (Å²) in [6.07, 6.45) is 1.92. The fourth-order valence-electron chi connectivity index (χ4n) is 3.48. The SMILES string of the molecule is CCN1C(=O)/C(=C\c2ccc(OCc3cccc(C)c3)c(I)c2)SC1=Nc1ccc(OC)cc1. The minimum absolute atomic E-state index is 0.0328. The second kappa shape index (κ2) is 11.1. The van der Waals surface area contributed by atoms with E-state index in [-0.39, 0.29) is 5.91 Å². The molecule has 0 unspecified atom stereocenters. The Labute approximate surface area is 218 Å². The van der Waals surface area contributed by atoms with Gasteiger partial charge in [0, 0.05) is 6.54 Å². The van der Waals surface area contributed by atoms with Crippen LogP contribution >= 0.6 is 34.4 Å². The number of aliphatic imine (C=N–C) groups is 1. The van der Waals surface area contributed by atoms with Gasteiger partial charge in [0.2, 0.25) is 0 Å². The molecule has 0 saturated carbocycles. The summed E-state index contributed by atoms with van der Waals surface area (Å²) < 4.78 is 12.2. The molecule has 0 spiro atoms. The number of aryl methyl sites for hydroxylation is 1. The largest absolute Gasteiger partial charge is 0.497 e. The van der Waals surface area contributed by atoms with Crippen LogP contribution in [-0.2, 0) is 11.4 Å². The van der Waals surface area contributed by atoms with Crippen molar-refractivity contribution >= 4 is 57.2 Å². The topological polar surface area (TPSA) is 51.1 Å². The average Bonchev–Trinajstić information content (AvgIpc) is 3.12. The van der Waals surface area contributed by atoms with Gasteiger partial charge in [-0.15, -0.1) is 0 Å². The molecule has 0 bridgehead atoms. The van der Waals surface area contributed by atoms with Gasteiger partial charge in [-0.3, -0.25) is 9.69 Å². The van der Waals surface area contributed by atoms with Crippen molar-refractivity contribution in [3.63, 3.8) is 0 Å². The number of nitrogens with zero attached hydrogens (tertiary/aromatic N) is 2. The van der Waals surface area contributed by atoms with Gasteiger partial charge in [-0.2, -0.15) is 0 Å². The molecule has 34 heavy (non-hydrogen) atoms. The van der Waals surface area contributed by atoms with Gasteiger partial charge in [-0.25, -0.2) is 4.99 Å². The van der Waals surface area contributed by atoms with Crippen molar-refractivity contribution in [2.24, 2.45) is 4.99 Å². The molecule has 174 valence electrons. The predicted molar refractivity (Wildman–Crippen MR) is 148 cm³/mol. The Kier molecular flexibility index (Phi) is 7.95. The number of ether oxygens (including phenoxy) is 2. The number of halogens is 1. The maximum Gasteiger partial charge on any atom is 0.266 e. The number of carbonyl (C=O) groups is 1. The van der Waals surface area contributed by atoms with Gasteiger partial charge in [0.15, 0.2) is 5.17 Å². The molecule has 0 aromatic heterocycles. The zero-order valence-electron chi connectivity index (χ0n) is 19.2. The summed E-state index contributed by atoms with van der Waals surface area (Å²) in [5.74, 6) is 1.56. The molecular formula is C27H25IN2O3S. The van der Waals surface area contributed by atoms with Crippen molar-refractivity contribution in [3.8, 4) is 11.5 Å². The minimum Gasteiger partial charge on any atom is -0.497 e. The third-order valence-electron chi connectivity index (χ3n) is 5.23. The summed E-state index contributed by atoms with van der Waals surface area (Å²) in [5, 5.41) is 0.678. The van der Waals surface area contributed by atoms with Gasteiger partial charge >= 0.3 is 0 Å². The third kappa shape index (κ3) is 5.82. The van der Waals surface area contributed by atoms with Crippen LogP contribution in [0.4, 0.5) is 5.69 Å². The van der Waals surface area contributed by atoms with Crippen LogP contribution in [0, 0.1) is 10.5 Å². The molecule has 0 radical (unpaired) electrons. The van der Waals surface area contributed by atoms with Gasteiger partial charge < -0.3 is 9.47 Å². The van der Waals surface area contributed by atoms with Crippen LogP contribution < -0.4 is 9.47 Å². The van der Waals surface area contributed by atoms with E-state index >= 15 is 0 Å². The molecule has 0 N–H and O–H groups in total. The van der Waals surface area contributed by atoms with E-state index in [1.807, 2.05) is 61.5 Å². The molecule has 1 amide bonds. The molecule has 5 nitrogen and oxygen atoms in total. The lowest BCUT2D eigenvalue weighted by molar-refractivity contribution is -0.122. The van der Waals surface area contributed by atoms with E-state index in [0.29, 0.717) is 23.2 Å². The third-order valence-corrected chi connectivity index (χ3v) is 7.08. The van der Waals surface area contributed by atoms with Crippen molar-refractivity contribution < 1.29 is 14.3 Å². The van der Waals surface area contributed by atoms with E-state index in [9.17, 15) is 4.79 Å². The van der Waals surface area contributed by atoms with Crippen molar-refractivity contribution in [1.29, 1.82) is 0 Å². The van der Waals surface area contributed by atoms with E-state index < -0.39 is 0 Å². The average molecular weight is 584 g/mol. The Morgan fingerprint density at radius 1 is 1.09 bits per heavy atom. The summed E-state index contributed by atoms with van der Waals surface area (Å²) in [7, 11) is 1.63. The summed E-state index contributed by atoms with van der Waals surface area (Å²) >= 11 is 3.67. The van der Waals surface area contributed by atoms with Crippen molar-refractivity contribution in [2.45, 2.75) is 20.5 Å². The molecule has 0 atom stereocenters. The van der Waals surface area contributed by atoms with Crippen LogP contribution in [-0.4, -0.2) is 29.6 Å². The van der Waals surface area contributed by atoms with Crippen LogP contribution in [0.1, 0.15) is 23.6 Å². The van der Waals surface area contributed by atoms with E-state index in [1.54, 1.807) is 12.0 Å². The summed E-state index contributed by atoms with van der Waals surface area (Å²) in [6, 6.07) is 21.7. The van der Waals surface area contributed by atoms with Crippen LogP contribution in [0.25, 0.3) is 6.08 Å². The lowest BCUT2D eigenvalue weighted by Gasteiger charge is -2.12. The van der Waals surface area contributed by atoms with Gasteiger partial charge in [-0.1, -0.05) is 35.9 Å². The second-order valence-electron chi connectivity index (χ2n) is 7.72. The highest BCUT2D eigenvalue weighted by Crippen LogP contribution is 2.35. The van der Waals surface area contributed by atoms with Crippen LogP contribution in [0.3, 0.4) is 0 Å². The second-order valence-corrected chi connectivity index (χ2v) is 9.89. The number of thioether (sulfide) groups is 1. The molecule has 3 aromatic carbocycles. The van der Waals surface area contributed by atoms with E-state index in [0.717, 1.165) is 31.9 Å². The Morgan fingerprint density at radius 3 is 2.56 bits per heavy atom. The number of amides is 1. The number of amidine groups is 1. The fourth-order valence-corrected chi connectivity index (χ4v) is 5.23.